The van der Waals surface area contributed by atoms with Crippen LogP contribution in [-0.4, -0.2) is 35.2 Å². The zero-order valence-corrected chi connectivity index (χ0v) is 10.5. The molecule has 0 aliphatic carbocycles. The number of carbonyl (C=O) groups excluding carboxylic acids is 3. The molecule has 0 radical (unpaired) electrons. The van der Waals surface area contributed by atoms with Crippen LogP contribution in [0.15, 0.2) is 0 Å². The Labute approximate surface area is 100 Å². The first kappa shape index (κ1) is 14.1. The second-order valence-corrected chi connectivity index (χ2v) is 3.46. The molecule has 0 aromatic rings. The Bertz CT molecular complexity index is 234. The predicted octanol–water partition coefficient (Wildman–Crippen LogP) is 1.05. The summed E-state index contributed by atoms with van der Waals surface area (Å²) in [6.45, 7) is 2.19. The molecule has 0 fully saturated rings. The smallest absolute Gasteiger partial charge is 0.367 e. The fourth-order valence-corrected chi connectivity index (χ4v) is 0.899. The van der Waals surface area contributed by atoms with Crippen LogP contribution in [0.4, 0.5) is 4.79 Å². The molecule has 15 heavy (non-hydrogen) atoms. The van der Waals surface area contributed by atoms with Gasteiger partial charge in [-0.3, -0.25) is 9.59 Å². The number of hydrogen-bond acceptors (Lipinski definition) is 6. The summed E-state index contributed by atoms with van der Waals surface area (Å²) in [5, 5.41) is 0. The molecular formula is C8H11IO6. The van der Waals surface area contributed by atoms with E-state index in [0.29, 0.717) is 0 Å². The van der Waals surface area contributed by atoms with E-state index in [0.717, 1.165) is 0 Å². The van der Waals surface area contributed by atoms with Gasteiger partial charge in [0.15, 0.2) is 6.10 Å². The Morgan fingerprint density at radius 1 is 1.07 bits per heavy atom. The highest BCUT2D eigenvalue weighted by Gasteiger charge is 2.15. The molecule has 1 unspecified atom stereocenters. The van der Waals surface area contributed by atoms with Crippen molar-refractivity contribution >= 4 is 38.5 Å². The second-order valence-electron chi connectivity index (χ2n) is 2.58. The van der Waals surface area contributed by atoms with Crippen LogP contribution < -0.4 is 0 Å². The number of carbonyl (C=O) groups is 3. The molecule has 86 valence electrons. The predicted molar refractivity (Wildman–Crippen MR) is 57.6 cm³/mol. The molecule has 7 heteroatoms. The number of hydrogen-bond donors (Lipinski definition) is 0. The molecule has 0 amide bonds. The molecule has 0 bridgehead atoms. The first-order chi connectivity index (χ1) is 6.91. The van der Waals surface area contributed by atoms with Gasteiger partial charge in [-0.25, -0.2) is 4.79 Å². The molecule has 0 aliphatic rings. The van der Waals surface area contributed by atoms with Gasteiger partial charge in [0, 0.05) is 13.8 Å². The maximum Gasteiger partial charge on any atom is 0.367 e. The van der Waals surface area contributed by atoms with E-state index in [1.807, 2.05) is 0 Å². The van der Waals surface area contributed by atoms with E-state index >= 15 is 0 Å². The van der Waals surface area contributed by atoms with Crippen molar-refractivity contribution in [1.29, 1.82) is 0 Å². The van der Waals surface area contributed by atoms with Crippen molar-refractivity contribution in [3.63, 3.8) is 0 Å². The third kappa shape index (κ3) is 9.44. The molecule has 0 rings (SSSR count). The first-order valence-corrected chi connectivity index (χ1v) is 5.12. The zero-order chi connectivity index (χ0) is 11.8. The molecule has 0 saturated carbocycles. The van der Waals surface area contributed by atoms with Crippen LogP contribution >= 0.6 is 22.6 Å². The normalized spacial score (nSPS) is 11.4. The number of rotatable bonds is 5. The van der Waals surface area contributed by atoms with Gasteiger partial charge in [0.1, 0.15) is 13.2 Å². The van der Waals surface area contributed by atoms with Crippen molar-refractivity contribution in [2.75, 3.05) is 13.2 Å². The van der Waals surface area contributed by atoms with Crippen LogP contribution in [-0.2, 0) is 23.8 Å². The molecular weight excluding hydrogens is 319 g/mol. The fraction of sp³-hybridized carbons (Fsp3) is 0.625. The van der Waals surface area contributed by atoms with Crippen molar-refractivity contribution in [2.45, 2.75) is 20.0 Å². The van der Waals surface area contributed by atoms with E-state index in [2.05, 4.69) is 9.47 Å². The minimum Gasteiger partial charge on any atom is -0.462 e. The van der Waals surface area contributed by atoms with Crippen molar-refractivity contribution < 1.29 is 28.6 Å². The maximum absolute atomic E-state index is 10.6. The molecule has 1 atom stereocenters. The van der Waals surface area contributed by atoms with Crippen molar-refractivity contribution in [1.82, 2.24) is 0 Å². The summed E-state index contributed by atoms with van der Waals surface area (Å²) in [4.78, 5) is 31.6. The molecule has 0 spiro atoms. The van der Waals surface area contributed by atoms with Gasteiger partial charge in [0.25, 0.3) is 0 Å². The van der Waals surface area contributed by atoms with Gasteiger partial charge < -0.3 is 14.2 Å². The number of esters is 2. The standard InChI is InChI=1S/C8H11IO6/c1-5(10)13-3-7(15-6(2)11)4-14-8(9)12/h7H,3-4H2,1-2H3. The largest absolute Gasteiger partial charge is 0.462 e. The van der Waals surface area contributed by atoms with E-state index in [-0.39, 0.29) is 13.2 Å². The lowest BCUT2D eigenvalue weighted by molar-refractivity contribution is -0.158. The first-order valence-electron chi connectivity index (χ1n) is 4.04. The van der Waals surface area contributed by atoms with Crippen molar-refractivity contribution in [3.05, 3.63) is 0 Å². The lowest BCUT2D eigenvalue weighted by Gasteiger charge is -2.15. The Kier molecular flexibility index (Phi) is 7.01. The highest BCUT2D eigenvalue weighted by molar-refractivity contribution is 14.1. The van der Waals surface area contributed by atoms with Gasteiger partial charge in [-0.05, 0) is 0 Å². The number of halogens is 1. The van der Waals surface area contributed by atoms with Gasteiger partial charge in [-0.1, -0.05) is 0 Å². The Morgan fingerprint density at radius 2 is 1.60 bits per heavy atom. The molecule has 0 aliphatic heterocycles. The van der Waals surface area contributed by atoms with Gasteiger partial charge in [-0.15, -0.1) is 0 Å². The zero-order valence-electron chi connectivity index (χ0n) is 8.32. The highest BCUT2D eigenvalue weighted by Crippen LogP contribution is 2.00. The summed E-state index contributed by atoms with van der Waals surface area (Å²) < 4.78 is 13.5. The average molecular weight is 330 g/mol. The SMILES string of the molecule is CC(=O)OCC(COC(=O)I)OC(C)=O. The summed E-state index contributed by atoms with van der Waals surface area (Å²) >= 11 is 1.44. The molecule has 6 nitrogen and oxygen atoms in total. The highest BCUT2D eigenvalue weighted by atomic mass is 127. The number of ether oxygens (including phenoxy) is 3. The molecule has 0 N–H and O–H groups in total. The van der Waals surface area contributed by atoms with E-state index in [4.69, 9.17) is 4.74 Å². The molecule has 0 saturated heterocycles. The lowest BCUT2D eigenvalue weighted by Crippen LogP contribution is -2.28. The van der Waals surface area contributed by atoms with Crippen LogP contribution in [0.25, 0.3) is 0 Å². The Hall–Kier alpha value is -0.860. The van der Waals surface area contributed by atoms with Gasteiger partial charge >= 0.3 is 15.9 Å². The minimum atomic E-state index is -0.759. The van der Waals surface area contributed by atoms with Crippen LogP contribution in [0.1, 0.15) is 13.8 Å². The van der Waals surface area contributed by atoms with E-state index < -0.39 is 22.0 Å². The maximum atomic E-state index is 10.6. The van der Waals surface area contributed by atoms with Gasteiger partial charge in [-0.2, -0.15) is 0 Å². The van der Waals surface area contributed by atoms with E-state index in [9.17, 15) is 14.4 Å². The molecule has 0 aromatic heterocycles. The summed E-state index contributed by atoms with van der Waals surface area (Å²) in [5.74, 6) is -1.02. The van der Waals surface area contributed by atoms with Gasteiger partial charge in [0.05, 0.1) is 22.6 Å². The topological polar surface area (TPSA) is 78.9 Å². The van der Waals surface area contributed by atoms with Crippen LogP contribution in [0.3, 0.4) is 0 Å². The molecule has 0 aromatic carbocycles. The van der Waals surface area contributed by atoms with Crippen LogP contribution in [0.2, 0.25) is 0 Å². The average Bonchev–Trinajstić information content (AvgIpc) is 2.08. The third-order valence-electron chi connectivity index (χ3n) is 1.19. The van der Waals surface area contributed by atoms with Crippen LogP contribution in [0.5, 0.6) is 0 Å². The lowest BCUT2D eigenvalue weighted by atomic mass is 10.4. The quantitative estimate of drug-likeness (QED) is 0.325. The minimum absolute atomic E-state index is 0.126. The monoisotopic (exact) mass is 330 g/mol. The Morgan fingerprint density at radius 3 is 2.00 bits per heavy atom. The fourth-order valence-electron chi connectivity index (χ4n) is 0.720. The third-order valence-corrected chi connectivity index (χ3v) is 1.50. The van der Waals surface area contributed by atoms with Gasteiger partial charge in [0.2, 0.25) is 0 Å². The summed E-state index contributed by atoms with van der Waals surface area (Å²) in [5.41, 5.74) is 0. The summed E-state index contributed by atoms with van der Waals surface area (Å²) in [6.07, 6.45) is -0.759. The summed E-state index contributed by atoms with van der Waals surface area (Å²) in [7, 11) is 0. The van der Waals surface area contributed by atoms with Crippen molar-refractivity contribution in [3.8, 4) is 0 Å². The van der Waals surface area contributed by atoms with Crippen LogP contribution in [0, 0.1) is 0 Å². The molecule has 0 heterocycles. The van der Waals surface area contributed by atoms with E-state index in [1.54, 1.807) is 0 Å². The second kappa shape index (κ2) is 7.43. The summed E-state index contributed by atoms with van der Waals surface area (Å²) in [6, 6.07) is 0. The van der Waals surface area contributed by atoms with Crippen molar-refractivity contribution in [2.24, 2.45) is 0 Å². The van der Waals surface area contributed by atoms with E-state index in [1.165, 1.54) is 36.4 Å². The Balaban J connectivity index is 3.99.